The van der Waals surface area contributed by atoms with E-state index < -0.39 is 12.1 Å². The maximum Gasteiger partial charge on any atom is 0.333 e. The van der Waals surface area contributed by atoms with Crippen molar-refractivity contribution in [3.05, 3.63) is 95.8 Å². The third-order valence-electron chi connectivity index (χ3n) is 5.69. The molecular weight excluding hydrogens is 458 g/mol. The van der Waals surface area contributed by atoms with E-state index in [9.17, 15) is 9.90 Å². The molecule has 0 aliphatic rings. The number of nitrogens with zero attached hydrogens (tertiary/aromatic N) is 3. The molecule has 8 heteroatoms. The van der Waals surface area contributed by atoms with Crippen molar-refractivity contribution >= 4 is 22.7 Å². The summed E-state index contributed by atoms with van der Waals surface area (Å²) in [4.78, 5) is 21.0. The van der Waals surface area contributed by atoms with E-state index in [2.05, 4.69) is 16.2 Å². The van der Waals surface area contributed by atoms with E-state index >= 15 is 0 Å². The van der Waals surface area contributed by atoms with Crippen molar-refractivity contribution in [2.24, 2.45) is 5.16 Å². The highest BCUT2D eigenvalue weighted by Crippen LogP contribution is 2.19. The standard InChI is InChI=1S/C28H29N3O5/c1-3-35-25(28(32)33)17-20-9-11-24(12-10-20)36-16-15-31-14-13-22-18-23(19-29-27(22)31)26(30-34-2)21-7-5-4-6-8-21/h4-14,18-19,25H,3,15-17H2,1-2H3,(H,32,33)/b30-26+. The molecule has 0 amide bonds. The average molecular weight is 488 g/mol. The minimum absolute atomic E-state index is 0.313. The number of fused-ring (bicyclic) bond motifs is 1. The number of carboxylic acid groups (broad SMARTS) is 1. The van der Waals surface area contributed by atoms with Gasteiger partial charge in [0.1, 0.15) is 30.8 Å². The topological polar surface area (TPSA) is 95.2 Å². The predicted molar refractivity (Wildman–Crippen MR) is 138 cm³/mol. The SMILES string of the molecule is CCOC(Cc1ccc(OCCn2ccc3cc(/C(=N/OC)c4ccccc4)cnc32)cc1)C(=O)O. The number of hydrogen-bond acceptors (Lipinski definition) is 6. The van der Waals surface area contributed by atoms with Crippen LogP contribution in [0, 0.1) is 0 Å². The van der Waals surface area contributed by atoms with Gasteiger partial charge in [0.25, 0.3) is 0 Å². The number of carboxylic acids is 1. The molecule has 186 valence electrons. The van der Waals surface area contributed by atoms with Crippen molar-refractivity contribution in [2.75, 3.05) is 20.3 Å². The summed E-state index contributed by atoms with van der Waals surface area (Å²) < 4.78 is 13.2. The summed E-state index contributed by atoms with van der Waals surface area (Å²) in [6, 6.07) is 21.4. The highest BCUT2D eigenvalue weighted by atomic mass is 16.6. The molecule has 0 radical (unpaired) electrons. The van der Waals surface area contributed by atoms with Gasteiger partial charge in [-0.2, -0.15) is 0 Å². The monoisotopic (exact) mass is 487 g/mol. The molecule has 36 heavy (non-hydrogen) atoms. The van der Waals surface area contributed by atoms with Crippen LogP contribution in [-0.4, -0.2) is 52.8 Å². The quantitative estimate of drug-likeness (QED) is 0.233. The van der Waals surface area contributed by atoms with Crippen molar-refractivity contribution in [3.8, 4) is 5.75 Å². The van der Waals surface area contributed by atoms with Crippen LogP contribution < -0.4 is 4.74 Å². The molecule has 0 bridgehead atoms. The van der Waals surface area contributed by atoms with Gasteiger partial charge in [-0.1, -0.05) is 47.6 Å². The summed E-state index contributed by atoms with van der Waals surface area (Å²) in [5, 5.41) is 14.5. The lowest BCUT2D eigenvalue weighted by atomic mass is 10.0. The smallest absolute Gasteiger partial charge is 0.333 e. The number of aromatic nitrogens is 2. The number of aliphatic carboxylic acids is 1. The van der Waals surface area contributed by atoms with E-state index in [1.165, 1.54) is 7.11 Å². The number of benzene rings is 2. The Morgan fingerprint density at radius 3 is 2.56 bits per heavy atom. The van der Waals surface area contributed by atoms with Crippen molar-refractivity contribution in [1.29, 1.82) is 0 Å². The summed E-state index contributed by atoms with van der Waals surface area (Å²) in [5.74, 6) is -0.240. The second kappa shape index (κ2) is 12.0. The van der Waals surface area contributed by atoms with E-state index in [1.54, 1.807) is 13.1 Å². The van der Waals surface area contributed by atoms with E-state index in [0.29, 0.717) is 26.2 Å². The Bertz CT molecular complexity index is 1320. The lowest BCUT2D eigenvalue weighted by Gasteiger charge is -2.13. The third-order valence-corrected chi connectivity index (χ3v) is 5.69. The maximum atomic E-state index is 11.3. The number of rotatable bonds is 12. The first-order valence-electron chi connectivity index (χ1n) is 11.8. The Morgan fingerprint density at radius 2 is 1.86 bits per heavy atom. The lowest BCUT2D eigenvalue weighted by molar-refractivity contribution is -0.149. The van der Waals surface area contributed by atoms with Crippen molar-refractivity contribution in [2.45, 2.75) is 26.0 Å². The van der Waals surface area contributed by atoms with Crippen molar-refractivity contribution in [1.82, 2.24) is 9.55 Å². The maximum absolute atomic E-state index is 11.3. The zero-order chi connectivity index (χ0) is 25.3. The molecular formula is C28H29N3O5. The Kier molecular flexibility index (Phi) is 8.31. The van der Waals surface area contributed by atoms with Gasteiger partial charge < -0.3 is 24.0 Å². The second-order valence-corrected chi connectivity index (χ2v) is 8.11. The Hall–Kier alpha value is -4.17. The van der Waals surface area contributed by atoms with Gasteiger partial charge in [0, 0.05) is 41.9 Å². The molecule has 0 aliphatic carbocycles. The molecule has 2 heterocycles. The van der Waals surface area contributed by atoms with Crippen LogP contribution in [0.3, 0.4) is 0 Å². The number of pyridine rings is 1. The van der Waals surface area contributed by atoms with Crippen LogP contribution in [-0.2, 0) is 27.3 Å². The largest absolute Gasteiger partial charge is 0.492 e. The summed E-state index contributed by atoms with van der Waals surface area (Å²) in [6.07, 6.45) is 3.26. The zero-order valence-electron chi connectivity index (χ0n) is 20.3. The van der Waals surface area contributed by atoms with E-state index in [-0.39, 0.29) is 0 Å². The lowest BCUT2D eigenvalue weighted by Crippen LogP contribution is -2.26. The molecule has 0 aliphatic heterocycles. The molecule has 0 saturated carbocycles. The third kappa shape index (κ3) is 6.09. The van der Waals surface area contributed by atoms with Crippen LogP contribution in [0.4, 0.5) is 0 Å². The minimum atomic E-state index is -0.959. The van der Waals surface area contributed by atoms with Gasteiger partial charge in [0.05, 0.1) is 6.54 Å². The summed E-state index contributed by atoms with van der Waals surface area (Å²) in [5.41, 5.74) is 4.29. The summed E-state index contributed by atoms with van der Waals surface area (Å²) >= 11 is 0. The van der Waals surface area contributed by atoms with Gasteiger partial charge in [-0.05, 0) is 36.8 Å². The molecule has 1 atom stereocenters. The van der Waals surface area contributed by atoms with Crippen LogP contribution in [0.25, 0.3) is 11.0 Å². The van der Waals surface area contributed by atoms with E-state index in [1.807, 2.05) is 71.4 Å². The number of hydrogen-bond donors (Lipinski definition) is 1. The fourth-order valence-electron chi connectivity index (χ4n) is 3.96. The minimum Gasteiger partial charge on any atom is -0.492 e. The summed E-state index contributed by atoms with van der Waals surface area (Å²) in [6.45, 7) is 3.23. The number of ether oxygens (including phenoxy) is 2. The highest BCUT2D eigenvalue weighted by molar-refractivity contribution is 6.13. The van der Waals surface area contributed by atoms with Gasteiger partial charge in [0.15, 0.2) is 6.10 Å². The first-order valence-corrected chi connectivity index (χ1v) is 11.8. The van der Waals surface area contributed by atoms with Crippen LogP contribution in [0.5, 0.6) is 5.75 Å². The fraction of sp³-hybridized carbons (Fsp3) is 0.250. The molecule has 0 fully saturated rings. The zero-order valence-corrected chi connectivity index (χ0v) is 20.3. The average Bonchev–Trinajstić information content (AvgIpc) is 3.30. The van der Waals surface area contributed by atoms with Crippen LogP contribution in [0.1, 0.15) is 23.6 Å². The Morgan fingerprint density at radius 1 is 1.08 bits per heavy atom. The predicted octanol–water partition coefficient (Wildman–Crippen LogP) is 4.55. The number of carbonyl (C=O) groups is 1. The molecule has 0 saturated heterocycles. The molecule has 1 N–H and O–H groups in total. The molecule has 2 aromatic carbocycles. The molecule has 0 spiro atoms. The van der Waals surface area contributed by atoms with Crippen molar-refractivity contribution in [3.63, 3.8) is 0 Å². The molecule has 2 aromatic heterocycles. The van der Waals surface area contributed by atoms with Crippen LogP contribution in [0.2, 0.25) is 0 Å². The molecule has 4 rings (SSSR count). The molecule has 4 aromatic rings. The van der Waals surface area contributed by atoms with E-state index in [0.717, 1.165) is 39.2 Å². The fourth-order valence-corrected chi connectivity index (χ4v) is 3.96. The van der Waals surface area contributed by atoms with Gasteiger partial charge in [0.2, 0.25) is 0 Å². The van der Waals surface area contributed by atoms with Crippen LogP contribution >= 0.6 is 0 Å². The Labute approximate surface area is 209 Å². The summed E-state index contributed by atoms with van der Waals surface area (Å²) in [7, 11) is 1.53. The van der Waals surface area contributed by atoms with Gasteiger partial charge >= 0.3 is 5.97 Å². The normalized spacial score (nSPS) is 12.4. The van der Waals surface area contributed by atoms with Gasteiger partial charge in [-0.15, -0.1) is 0 Å². The first kappa shape index (κ1) is 24.9. The van der Waals surface area contributed by atoms with Crippen LogP contribution in [0.15, 0.2) is 84.3 Å². The number of oxime groups is 1. The molecule has 1 unspecified atom stereocenters. The van der Waals surface area contributed by atoms with Gasteiger partial charge in [-0.3, -0.25) is 0 Å². The van der Waals surface area contributed by atoms with Gasteiger partial charge in [-0.25, -0.2) is 9.78 Å². The molecule has 8 nitrogen and oxygen atoms in total. The Balaban J connectivity index is 1.39. The van der Waals surface area contributed by atoms with E-state index in [4.69, 9.17) is 14.3 Å². The highest BCUT2D eigenvalue weighted by Gasteiger charge is 2.18. The second-order valence-electron chi connectivity index (χ2n) is 8.11. The van der Waals surface area contributed by atoms with Crippen molar-refractivity contribution < 1.29 is 24.2 Å². The first-order chi connectivity index (χ1) is 17.6.